The highest BCUT2D eigenvalue weighted by Gasteiger charge is 2.20. The van der Waals surface area contributed by atoms with Crippen LogP contribution in [-0.4, -0.2) is 11.0 Å². The molecular formula is C14H22N2O2. The van der Waals surface area contributed by atoms with E-state index in [1.54, 1.807) is 12.1 Å². The minimum Gasteiger partial charge on any atom is -0.307 e. The Balaban J connectivity index is 2.84. The van der Waals surface area contributed by atoms with Crippen molar-refractivity contribution in [3.63, 3.8) is 0 Å². The second-order valence-corrected chi connectivity index (χ2v) is 4.88. The van der Waals surface area contributed by atoms with Gasteiger partial charge in [0.2, 0.25) is 0 Å². The number of nitro benzene ring substituents is 1. The van der Waals surface area contributed by atoms with Crippen molar-refractivity contribution in [3.05, 3.63) is 39.9 Å². The predicted molar refractivity (Wildman–Crippen MR) is 73.6 cm³/mol. The summed E-state index contributed by atoms with van der Waals surface area (Å²) in [6.07, 6.45) is 1.10. The summed E-state index contributed by atoms with van der Waals surface area (Å²) < 4.78 is 0. The van der Waals surface area contributed by atoms with E-state index in [0.29, 0.717) is 12.0 Å². The van der Waals surface area contributed by atoms with Crippen molar-refractivity contribution in [2.45, 2.75) is 46.2 Å². The first-order valence-electron chi connectivity index (χ1n) is 6.46. The average Bonchev–Trinajstić information content (AvgIpc) is 2.37. The van der Waals surface area contributed by atoms with Crippen LogP contribution in [0.15, 0.2) is 24.3 Å². The Morgan fingerprint density at radius 2 is 1.89 bits per heavy atom. The molecule has 4 nitrogen and oxygen atoms in total. The lowest BCUT2D eigenvalue weighted by molar-refractivity contribution is -0.385. The van der Waals surface area contributed by atoms with E-state index in [9.17, 15) is 10.1 Å². The summed E-state index contributed by atoms with van der Waals surface area (Å²) in [7, 11) is 0. The van der Waals surface area contributed by atoms with Crippen molar-refractivity contribution in [1.82, 2.24) is 5.32 Å². The Bertz CT molecular complexity index is 407. The molecule has 100 valence electrons. The lowest BCUT2D eigenvalue weighted by atomic mass is 9.98. The zero-order valence-corrected chi connectivity index (χ0v) is 11.5. The summed E-state index contributed by atoms with van der Waals surface area (Å²) in [5.41, 5.74) is 0.937. The Morgan fingerprint density at radius 3 is 2.44 bits per heavy atom. The summed E-state index contributed by atoms with van der Waals surface area (Å²) >= 11 is 0. The SMILES string of the molecule is CCC(C)C(C)NC(C)c1ccccc1[N+](=O)[O-]. The van der Waals surface area contributed by atoms with Gasteiger partial charge in [0.1, 0.15) is 0 Å². The van der Waals surface area contributed by atoms with E-state index in [4.69, 9.17) is 0 Å². The average molecular weight is 250 g/mol. The number of nitrogens with one attached hydrogen (secondary N) is 1. The third-order valence-corrected chi connectivity index (χ3v) is 3.61. The van der Waals surface area contributed by atoms with Gasteiger partial charge in [-0.05, 0) is 19.8 Å². The third-order valence-electron chi connectivity index (χ3n) is 3.61. The number of hydrogen-bond acceptors (Lipinski definition) is 3. The fourth-order valence-electron chi connectivity index (χ4n) is 2.02. The highest BCUT2D eigenvalue weighted by molar-refractivity contribution is 5.41. The predicted octanol–water partition coefficient (Wildman–Crippen LogP) is 3.68. The largest absolute Gasteiger partial charge is 0.307 e. The van der Waals surface area contributed by atoms with Gasteiger partial charge < -0.3 is 5.32 Å². The number of benzene rings is 1. The lowest BCUT2D eigenvalue weighted by Crippen LogP contribution is -2.34. The molecule has 0 aliphatic rings. The van der Waals surface area contributed by atoms with Gasteiger partial charge in [-0.15, -0.1) is 0 Å². The van der Waals surface area contributed by atoms with Crippen molar-refractivity contribution in [2.75, 3.05) is 0 Å². The summed E-state index contributed by atoms with van der Waals surface area (Å²) in [4.78, 5) is 10.7. The van der Waals surface area contributed by atoms with Crippen LogP contribution in [0.4, 0.5) is 5.69 Å². The van der Waals surface area contributed by atoms with Crippen LogP contribution in [0.25, 0.3) is 0 Å². The fraction of sp³-hybridized carbons (Fsp3) is 0.571. The Kier molecular flexibility index (Phi) is 5.28. The van der Waals surface area contributed by atoms with Gasteiger partial charge >= 0.3 is 0 Å². The molecule has 0 aliphatic carbocycles. The molecule has 1 aromatic rings. The quantitative estimate of drug-likeness (QED) is 0.619. The smallest absolute Gasteiger partial charge is 0.274 e. The van der Waals surface area contributed by atoms with Crippen LogP contribution in [0.1, 0.15) is 45.7 Å². The molecule has 0 radical (unpaired) electrons. The van der Waals surface area contributed by atoms with Crippen molar-refractivity contribution < 1.29 is 4.92 Å². The molecule has 0 heterocycles. The Morgan fingerprint density at radius 1 is 1.28 bits per heavy atom. The van der Waals surface area contributed by atoms with Gasteiger partial charge in [0.05, 0.1) is 4.92 Å². The molecule has 0 saturated heterocycles. The summed E-state index contributed by atoms with van der Waals surface area (Å²) in [5, 5.41) is 14.4. The molecule has 0 bridgehead atoms. The second kappa shape index (κ2) is 6.50. The van der Waals surface area contributed by atoms with Gasteiger partial charge in [-0.2, -0.15) is 0 Å². The van der Waals surface area contributed by atoms with Crippen LogP contribution in [0, 0.1) is 16.0 Å². The van der Waals surface area contributed by atoms with Gasteiger partial charge in [0, 0.05) is 23.7 Å². The number of rotatable bonds is 6. The maximum absolute atomic E-state index is 11.0. The Hall–Kier alpha value is -1.42. The highest BCUT2D eigenvalue weighted by Crippen LogP contribution is 2.25. The van der Waals surface area contributed by atoms with Crippen LogP contribution >= 0.6 is 0 Å². The summed E-state index contributed by atoms with van der Waals surface area (Å²) in [6, 6.07) is 7.24. The molecule has 1 aromatic carbocycles. The second-order valence-electron chi connectivity index (χ2n) is 4.88. The highest BCUT2D eigenvalue weighted by atomic mass is 16.6. The topological polar surface area (TPSA) is 55.2 Å². The molecule has 0 aromatic heterocycles. The molecule has 3 atom stereocenters. The van der Waals surface area contributed by atoms with Crippen molar-refractivity contribution in [3.8, 4) is 0 Å². The zero-order valence-electron chi connectivity index (χ0n) is 11.5. The third kappa shape index (κ3) is 3.53. The van der Waals surface area contributed by atoms with E-state index >= 15 is 0 Å². The molecular weight excluding hydrogens is 228 g/mol. The van der Waals surface area contributed by atoms with E-state index in [1.807, 2.05) is 19.1 Å². The molecule has 1 N–H and O–H groups in total. The van der Waals surface area contributed by atoms with Crippen LogP contribution < -0.4 is 5.32 Å². The summed E-state index contributed by atoms with van der Waals surface area (Å²) in [6.45, 7) is 8.43. The van der Waals surface area contributed by atoms with Gasteiger partial charge in [-0.25, -0.2) is 0 Å². The van der Waals surface area contributed by atoms with Crippen molar-refractivity contribution >= 4 is 5.69 Å². The molecule has 0 fully saturated rings. The molecule has 18 heavy (non-hydrogen) atoms. The number of para-hydroxylation sites is 1. The molecule has 1 rings (SSSR count). The lowest BCUT2D eigenvalue weighted by Gasteiger charge is -2.24. The van der Waals surface area contributed by atoms with Gasteiger partial charge in [0.15, 0.2) is 0 Å². The van der Waals surface area contributed by atoms with Gasteiger partial charge in [-0.3, -0.25) is 10.1 Å². The monoisotopic (exact) mass is 250 g/mol. The van der Waals surface area contributed by atoms with Crippen molar-refractivity contribution in [1.29, 1.82) is 0 Å². The Labute approximate surface area is 109 Å². The minimum atomic E-state index is -0.318. The van der Waals surface area contributed by atoms with Crippen LogP contribution in [0.3, 0.4) is 0 Å². The van der Waals surface area contributed by atoms with E-state index in [2.05, 4.69) is 26.1 Å². The minimum absolute atomic E-state index is 0.0180. The van der Waals surface area contributed by atoms with Crippen molar-refractivity contribution in [2.24, 2.45) is 5.92 Å². The standard InChI is InChI=1S/C14H22N2O2/c1-5-10(2)11(3)15-12(4)13-8-6-7-9-14(13)16(17)18/h6-12,15H,5H2,1-4H3. The van der Waals surface area contributed by atoms with Gasteiger partial charge in [0.25, 0.3) is 5.69 Å². The normalized spacial score (nSPS) is 16.0. The molecule has 0 amide bonds. The zero-order chi connectivity index (χ0) is 13.7. The molecule has 3 unspecified atom stereocenters. The van der Waals surface area contributed by atoms with Crippen LogP contribution in [0.5, 0.6) is 0 Å². The molecule has 0 spiro atoms. The van der Waals surface area contributed by atoms with E-state index in [0.717, 1.165) is 12.0 Å². The first-order chi connectivity index (χ1) is 8.47. The van der Waals surface area contributed by atoms with E-state index in [1.165, 1.54) is 0 Å². The molecule has 4 heteroatoms. The number of hydrogen-bond donors (Lipinski definition) is 1. The van der Waals surface area contributed by atoms with Crippen LogP contribution in [-0.2, 0) is 0 Å². The maximum Gasteiger partial charge on any atom is 0.274 e. The van der Waals surface area contributed by atoms with E-state index < -0.39 is 0 Å². The maximum atomic E-state index is 11.0. The molecule has 0 aliphatic heterocycles. The number of nitro groups is 1. The first kappa shape index (κ1) is 14.6. The summed E-state index contributed by atoms with van der Waals surface area (Å²) in [5.74, 6) is 0.551. The van der Waals surface area contributed by atoms with Gasteiger partial charge in [-0.1, -0.05) is 38.5 Å². The van der Waals surface area contributed by atoms with Crippen LogP contribution in [0.2, 0.25) is 0 Å². The molecule has 0 saturated carbocycles. The number of nitrogens with zero attached hydrogens (tertiary/aromatic N) is 1. The fourth-order valence-corrected chi connectivity index (χ4v) is 2.02. The van der Waals surface area contributed by atoms with E-state index in [-0.39, 0.29) is 16.7 Å². The first-order valence-corrected chi connectivity index (χ1v) is 6.46.